The molecule has 0 fully saturated rings. The third kappa shape index (κ3) is 15.4. The van der Waals surface area contributed by atoms with Crippen LogP contribution >= 0.6 is 0 Å². The van der Waals surface area contributed by atoms with Crippen molar-refractivity contribution in [3.63, 3.8) is 0 Å². The van der Waals surface area contributed by atoms with Crippen molar-refractivity contribution >= 4 is 23.6 Å². The SMILES string of the molecule is CCCCCCCCCCCCNC(=O)NC(C)C(=O)N[C@H]1/C=C/CCNC(=O)/C=C/[C@H](C)CC1=O. The average Bonchev–Trinajstić information content (AvgIpc) is 2.84. The van der Waals surface area contributed by atoms with Gasteiger partial charge in [-0.1, -0.05) is 89.9 Å². The van der Waals surface area contributed by atoms with Gasteiger partial charge in [-0.05, 0) is 31.8 Å². The maximum Gasteiger partial charge on any atom is 0.315 e. The Morgan fingerprint density at radius 2 is 1.64 bits per heavy atom. The molecule has 4 N–H and O–H groups in total. The van der Waals surface area contributed by atoms with Crippen LogP contribution in [-0.4, -0.2) is 48.8 Å². The van der Waals surface area contributed by atoms with Crippen molar-refractivity contribution < 1.29 is 19.2 Å². The molecule has 0 radical (unpaired) electrons. The lowest BCUT2D eigenvalue weighted by Gasteiger charge is -2.20. The lowest BCUT2D eigenvalue weighted by atomic mass is 9.98. The summed E-state index contributed by atoms with van der Waals surface area (Å²) in [6.07, 6.45) is 19.6. The molecule has 0 aliphatic carbocycles. The number of amides is 4. The van der Waals surface area contributed by atoms with E-state index in [0.29, 0.717) is 19.5 Å². The quantitative estimate of drug-likeness (QED) is 0.208. The minimum atomic E-state index is -0.781. The summed E-state index contributed by atoms with van der Waals surface area (Å²) in [5, 5.41) is 11.0. The fourth-order valence-electron chi connectivity index (χ4n) is 3.98. The number of unbranched alkanes of at least 4 members (excludes halogenated alkanes) is 9. The summed E-state index contributed by atoms with van der Waals surface area (Å²) in [5.41, 5.74) is 0. The monoisotopic (exact) mass is 504 g/mol. The molecule has 1 unspecified atom stereocenters. The molecular formula is C28H48N4O4. The summed E-state index contributed by atoms with van der Waals surface area (Å²) in [6, 6.07) is -1.94. The molecule has 0 saturated carbocycles. The van der Waals surface area contributed by atoms with Gasteiger partial charge in [-0.3, -0.25) is 14.4 Å². The molecule has 4 amide bonds. The minimum absolute atomic E-state index is 0.136. The Balaban J connectivity index is 2.32. The van der Waals surface area contributed by atoms with E-state index in [1.54, 1.807) is 25.2 Å². The maximum atomic E-state index is 12.7. The van der Waals surface area contributed by atoms with Crippen molar-refractivity contribution in [3.05, 3.63) is 24.3 Å². The number of nitrogens with one attached hydrogen (secondary N) is 4. The molecule has 3 atom stereocenters. The summed E-state index contributed by atoms with van der Waals surface area (Å²) < 4.78 is 0. The highest BCUT2D eigenvalue weighted by atomic mass is 16.2. The lowest BCUT2D eigenvalue weighted by molar-refractivity contribution is -0.127. The van der Waals surface area contributed by atoms with Gasteiger partial charge in [0.2, 0.25) is 11.8 Å². The van der Waals surface area contributed by atoms with Crippen LogP contribution in [0.5, 0.6) is 0 Å². The van der Waals surface area contributed by atoms with Gasteiger partial charge in [0.05, 0.1) is 0 Å². The molecule has 0 spiro atoms. The highest BCUT2D eigenvalue weighted by molar-refractivity contribution is 5.94. The molecule has 8 nitrogen and oxygen atoms in total. The van der Waals surface area contributed by atoms with Crippen LogP contribution in [0.3, 0.4) is 0 Å². The van der Waals surface area contributed by atoms with Gasteiger partial charge in [-0.15, -0.1) is 0 Å². The average molecular weight is 505 g/mol. The third-order valence-electron chi connectivity index (χ3n) is 6.24. The van der Waals surface area contributed by atoms with Gasteiger partial charge in [-0.25, -0.2) is 4.79 Å². The summed E-state index contributed by atoms with van der Waals surface area (Å²) in [7, 11) is 0. The van der Waals surface area contributed by atoms with Crippen molar-refractivity contribution in [2.45, 2.75) is 110 Å². The van der Waals surface area contributed by atoms with Crippen LogP contribution in [0.1, 0.15) is 97.8 Å². The molecule has 0 aromatic rings. The second-order valence-corrected chi connectivity index (χ2v) is 9.80. The summed E-state index contributed by atoms with van der Waals surface area (Å²) >= 11 is 0. The van der Waals surface area contributed by atoms with Crippen LogP contribution in [0.25, 0.3) is 0 Å². The largest absolute Gasteiger partial charge is 0.352 e. The number of Topliss-reactive ketones (excluding diaryl/α,β-unsaturated/α-hetero) is 1. The first kappa shape index (κ1) is 31.4. The molecule has 0 aromatic heterocycles. The summed E-state index contributed by atoms with van der Waals surface area (Å²) in [4.78, 5) is 49.2. The molecule has 0 aromatic carbocycles. The Kier molecular flexibility index (Phi) is 17.0. The van der Waals surface area contributed by atoms with E-state index >= 15 is 0 Å². The normalized spacial score (nSPS) is 21.3. The minimum Gasteiger partial charge on any atom is -0.352 e. The molecule has 0 saturated heterocycles. The fraction of sp³-hybridized carbons (Fsp3) is 0.714. The Labute approximate surface area is 217 Å². The second-order valence-electron chi connectivity index (χ2n) is 9.80. The van der Waals surface area contributed by atoms with Crippen molar-refractivity contribution in [3.8, 4) is 0 Å². The highest BCUT2D eigenvalue weighted by Gasteiger charge is 2.23. The van der Waals surface area contributed by atoms with Crippen LogP contribution in [0, 0.1) is 5.92 Å². The number of hydrogen-bond acceptors (Lipinski definition) is 4. The lowest BCUT2D eigenvalue weighted by Crippen LogP contribution is -2.52. The Hall–Kier alpha value is -2.64. The maximum absolute atomic E-state index is 12.7. The van der Waals surface area contributed by atoms with Crippen molar-refractivity contribution in [2.75, 3.05) is 13.1 Å². The van der Waals surface area contributed by atoms with E-state index in [4.69, 9.17) is 0 Å². The topological polar surface area (TPSA) is 116 Å². The predicted octanol–water partition coefficient (Wildman–Crippen LogP) is 4.31. The molecule has 1 aliphatic rings. The Bertz CT molecular complexity index is 735. The smallest absolute Gasteiger partial charge is 0.315 e. The molecule has 1 heterocycles. The van der Waals surface area contributed by atoms with Crippen LogP contribution in [0.15, 0.2) is 24.3 Å². The number of carbonyl (C=O) groups excluding carboxylic acids is 4. The number of urea groups is 1. The molecule has 1 rings (SSSR count). The van der Waals surface area contributed by atoms with Crippen molar-refractivity contribution in [1.82, 2.24) is 21.3 Å². The molecular weight excluding hydrogens is 456 g/mol. The van der Waals surface area contributed by atoms with Gasteiger partial charge >= 0.3 is 6.03 Å². The fourth-order valence-corrected chi connectivity index (χ4v) is 3.98. The molecule has 36 heavy (non-hydrogen) atoms. The number of ketones is 1. The number of allylic oxidation sites excluding steroid dienone is 1. The van der Waals surface area contributed by atoms with E-state index in [-0.39, 0.29) is 30.1 Å². The van der Waals surface area contributed by atoms with Crippen LogP contribution < -0.4 is 21.3 Å². The Morgan fingerprint density at radius 3 is 2.31 bits per heavy atom. The van der Waals surface area contributed by atoms with E-state index < -0.39 is 18.0 Å². The van der Waals surface area contributed by atoms with Gasteiger partial charge in [0.25, 0.3) is 0 Å². The summed E-state index contributed by atoms with van der Waals surface area (Å²) in [5.74, 6) is -0.881. The van der Waals surface area contributed by atoms with Crippen LogP contribution in [-0.2, 0) is 14.4 Å². The van der Waals surface area contributed by atoms with Gasteiger partial charge in [0, 0.05) is 19.5 Å². The highest BCUT2D eigenvalue weighted by Crippen LogP contribution is 2.11. The van der Waals surface area contributed by atoms with Crippen molar-refractivity contribution in [2.24, 2.45) is 5.92 Å². The zero-order valence-electron chi connectivity index (χ0n) is 22.6. The van der Waals surface area contributed by atoms with E-state index in [1.165, 1.54) is 57.4 Å². The van der Waals surface area contributed by atoms with E-state index in [9.17, 15) is 19.2 Å². The first-order valence-corrected chi connectivity index (χ1v) is 13.8. The zero-order valence-corrected chi connectivity index (χ0v) is 22.6. The first-order chi connectivity index (χ1) is 17.3. The van der Waals surface area contributed by atoms with Crippen molar-refractivity contribution in [1.29, 1.82) is 0 Å². The Morgan fingerprint density at radius 1 is 1.00 bits per heavy atom. The van der Waals surface area contributed by atoms with Crippen LogP contribution in [0.4, 0.5) is 4.79 Å². The number of carbonyl (C=O) groups is 4. The van der Waals surface area contributed by atoms with E-state index in [1.807, 2.05) is 6.92 Å². The standard InChI is InChI=1S/C28H48N4O4/c1-4-5-6-7-8-9-10-11-12-14-20-30-28(36)31-23(3)27(35)32-24-16-13-15-19-29-26(34)18-17-22(2)21-25(24)33/h13,16-18,22-24H,4-12,14-15,19-21H2,1-3H3,(H,29,34)(H,32,35)(H2,30,31,36)/b16-13+,18-17+/t22-,23?,24-/m0/s1. The third-order valence-corrected chi connectivity index (χ3v) is 6.24. The molecule has 204 valence electrons. The van der Waals surface area contributed by atoms with Gasteiger partial charge in [-0.2, -0.15) is 0 Å². The second kappa shape index (κ2) is 19.5. The molecule has 1 aliphatic heterocycles. The van der Waals surface area contributed by atoms with Crippen LogP contribution in [0.2, 0.25) is 0 Å². The van der Waals surface area contributed by atoms with Gasteiger partial charge in [0.15, 0.2) is 5.78 Å². The predicted molar refractivity (Wildman–Crippen MR) is 144 cm³/mol. The summed E-state index contributed by atoms with van der Waals surface area (Å²) in [6.45, 7) is 6.69. The van der Waals surface area contributed by atoms with E-state index in [0.717, 1.165) is 12.8 Å². The first-order valence-electron chi connectivity index (χ1n) is 13.8. The number of hydrogen-bond donors (Lipinski definition) is 4. The molecule has 0 bridgehead atoms. The van der Waals surface area contributed by atoms with E-state index in [2.05, 4.69) is 28.2 Å². The number of rotatable bonds is 14. The van der Waals surface area contributed by atoms with Gasteiger partial charge in [0.1, 0.15) is 12.1 Å². The molecule has 8 heteroatoms. The van der Waals surface area contributed by atoms with Gasteiger partial charge < -0.3 is 21.3 Å². The zero-order chi connectivity index (χ0) is 26.6.